The van der Waals surface area contributed by atoms with Crippen LogP contribution in [0.2, 0.25) is 0 Å². The van der Waals surface area contributed by atoms with Gasteiger partial charge in [-0.3, -0.25) is 4.79 Å². The molecule has 18 heavy (non-hydrogen) atoms. The maximum atomic E-state index is 12.1. The van der Waals surface area contributed by atoms with E-state index < -0.39 is 0 Å². The molecule has 0 saturated carbocycles. The highest BCUT2D eigenvalue weighted by atomic mass is 16.5. The molecule has 1 atom stereocenters. The van der Waals surface area contributed by atoms with Crippen LogP contribution >= 0.6 is 0 Å². The van der Waals surface area contributed by atoms with Crippen molar-refractivity contribution in [2.45, 2.75) is 12.8 Å². The number of rotatable bonds is 3. The summed E-state index contributed by atoms with van der Waals surface area (Å²) in [6, 6.07) is 14.5. The number of benzene rings is 2. The number of ether oxygens (including phenoxy) is 1. The number of fused-ring (bicyclic) bond motifs is 1. The van der Waals surface area contributed by atoms with E-state index in [2.05, 4.69) is 30.3 Å². The van der Waals surface area contributed by atoms with E-state index in [0.717, 1.165) is 18.6 Å². The van der Waals surface area contributed by atoms with E-state index in [-0.39, 0.29) is 5.92 Å². The molecule has 2 aromatic carbocycles. The molecule has 1 aliphatic rings. The predicted octanol–water partition coefficient (Wildman–Crippen LogP) is 2.99. The number of hydrogen-bond acceptors (Lipinski definition) is 2. The Kier molecular flexibility index (Phi) is 3.11. The lowest BCUT2D eigenvalue weighted by Gasteiger charge is -2.07. The van der Waals surface area contributed by atoms with Gasteiger partial charge in [0.25, 0.3) is 0 Å². The van der Waals surface area contributed by atoms with Gasteiger partial charge in [-0.05, 0) is 22.8 Å². The van der Waals surface area contributed by atoms with Gasteiger partial charge in [0, 0.05) is 18.9 Å². The van der Waals surface area contributed by atoms with E-state index in [0.29, 0.717) is 18.8 Å². The quantitative estimate of drug-likeness (QED) is 0.824. The van der Waals surface area contributed by atoms with Crippen molar-refractivity contribution in [1.82, 2.24) is 0 Å². The van der Waals surface area contributed by atoms with E-state index in [4.69, 9.17) is 4.74 Å². The topological polar surface area (TPSA) is 26.3 Å². The predicted molar refractivity (Wildman–Crippen MR) is 71.6 cm³/mol. The van der Waals surface area contributed by atoms with Crippen molar-refractivity contribution in [1.29, 1.82) is 0 Å². The van der Waals surface area contributed by atoms with Crippen molar-refractivity contribution in [2.75, 3.05) is 13.2 Å². The van der Waals surface area contributed by atoms with Gasteiger partial charge in [-0.15, -0.1) is 0 Å². The highest BCUT2D eigenvalue weighted by Gasteiger charge is 2.23. The minimum absolute atomic E-state index is 0.108. The third kappa shape index (κ3) is 2.29. The molecule has 0 radical (unpaired) electrons. The van der Waals surface area contributed by atoms with Crippen LogP contribution in [0.3, 0.4) is 0 Å². The average molecular weight is 240 g/mol. The first-order valence-electron chi connectivity index (χ1n) is 6.41. The molecule has 1 heterocycles. The summed E-state index contributed by atoms with van der Waals surface area (Å²) in [7, 11) is 0. The summed E-state index contributed by atoms with van der Waals surface area (Å²) in [5.74, 6) is 0.416. The molecule has 1 aliphatic heterocycles. The molecular formula is C16H16O2. The van der Waals surface area contributed by atoms with Crippen LogP contribution in [0.1, 0.15) is 12.0 Å². The van der Waals surface area contributed by atoms with E-state index in [9.17, 15) is 4.79 Å². The van der Waals surface area contributed by atoms with E-state index in [1.807, 2.05) is 12.1 Å². The average Bonchev–Trinajstić information content (AvgIpc) is 2.92. The lowest BCUT2D eigenvalue weighted by molar-refractivity contribution is -0.122. The van der Waals surface area contributed by atoms with Crippen molar-refractivity contribution in [3.8, 4) is 0 Å². The summed E-state index contributed by atoms with van der Waals surface area (Å²) in [6.45, 7) is 1.33. The molecule has 1 unspecified atom stereocenters. The maximum Gasteiger partial charge on any atom is 0.142 e. The second-order valence-corrected chi connectivity index (χ2v) is 4.89. The first-order chi connectivity index (χ1) is 8.83. The summed E-state index contributed by atoms with van der Waals surface area (Å²) < 4.78 is 5.27. The van der Waals surface area contributed by atoms with E-state index in [1.54, 1.807) is 0 Å². The van der Waals surface area contributed by atoms with Gasteiger partial charge in [0.05, 0.1) is 6.61 Å². The van der Waals surface area contributed by atoms with Crippen LogP contribution in [0.5, 0.6) is 0 Å². The van der Waals surface area contributed by atoms with Crippen molar-refractivity contribution in [2.24, 2.45) is 5.92 Å². The van der Waals surface area contributed by atoms with Crippen molar-refractivity contribution in [3.63, 3.8) is 0 Å². The zero-order valence-corrected chi connectivity index (χ0v) is 10.3. The van der Waals surface area contributed by atoms with Crippen molar-refractivity contribution < 1.29 is 9.53 Å². The summed E-state index contributed by atoms with van der Waals surface area (Å²) >= 11 is 0. The van der Waals surface area contributed by atoms with Gasteiger partial charge in [0.1, 0.15) is 5.78 Å². The highest BCUT2D eigenvalue weighted by molar-refractivity contribution is 5.87. The van der Waals surface area contributed by atoms with E-state index >= 15 is 0 Å². The number of ketones is 1. The van der Waals surface area contributed by atoms with Crippen molar-refractivity contribution in [3.05, 3.63) is 48.0 Å². The molecule has 0 spiro atoms. The Bertz CT molecular complexity index is 568. The first-order valence-corrected chi connectivity index (χ1v) is 6.41. The molecule has 0 N–H and O–H groups in total. The standard InChI is InChI=1S/C16H16O2/c17-16(15-7-8-18-11-15)10-12-5-6-13-3-1-2-4-14(13)9-12/h1-6,9,15H,7-8,10-11H2. The molecular weight excluding hydrogens is 224 g/mol. The van der Waals surface area contributed by atoms with Gasteiger partial charge in [-0.1, -0.05) is 42.5 Å². The number of hydrogen-bond donors (Lipinski definition) is 0. The third-order valence-electron chi connectivity index (χ3n) is 3.58. The van der Waals surface area contributed by atoms with Gasteiger partial charge in [-0.2, -0.15) is 0 Å². The monoisotopic (exact) mass is 240 g/mol. The number of Topliss-reactive ketones (excluding diaryl/α,β-unsaturated/α-hetero) is 1. The third-order valence-corrected chi connectivity index (χ3v) is 3.58. The van der Waals surface area contributed by atoms with Crippen molar-refractivity contribution >= 4 is 16.6 Å². The molecule has 1 saturated heterocycles. The highest BCUT2D eigenvalue weighted by Crippen LogP contribution is 2.19. The second kappa shape index (κ2) is 4.91. The van der Waals surface area contributed by atoms with Crippen LogP contribution in [-0.4, -0.2) is 19.0 Å². The van der Waals surface area contributed by atoms with Gasteiger partial charge < -0.3 is 4.74 Å². The van der Waals surface area contributed by atoms with Gasteiger partial charge in [0.2, 0.25) is 0 Å². The lowest BCUT2D eigenvalue weighted by Crippen LogP contribution is -2.16. The Hall–Kier alpha value is -1.67. The van der Waals surface area contributed by atoms with Crippen LogP contribution in [0, 0.1) is 5.92 Å². The number of carbonyl (C=O) groups is 1. The van der Waals surface area contributed by atoms with E-state index in [1.165, 1.54) is 10.8 Å². The fourth-order valence-electron chi connectivity index (χ4n) is 2.48. The number of carbonyl (C=O) groups excluding carboxylic acids is 1. The normalized spacial score (nSPS) is 19.2. The molecule has 2 aromatic rings. The molecule has 2 heteroatoms. The molecule has 0 amide bonds. The molecule has 0 aliphatic carbocycles. The molecule has 0 aromatic heterocycles. The SMILES string of the molecule is O=C(Cc1ccc2ccccc2c1)C1CCOC1. The Labute approximate surface area is 107 Å². The zero-order chi connectivity index (χ0) is 12.4. The fraction of sp³-hybridized carbons (Fsp3) is 0.312. The summed E-state index contributed by atoms with van der Waals surface area (Å²) in [4.78, 5) is 12.1. The Morgan fingerprint density at radius 3 is 2.78 bits per heavy atom. The first kappa shape index (κ1) is 11.4. The molecule has 2 nitrogen and oxygen atoms in total. The smallest absolute Gasteiger partial charge is 0.142 e. The minimum Gasteiger partial charge on any atom is -0.381 e. The summed E-state index contributed by atoms with van der Waals surface area (Å²) in [5, 5.41) is 2.42. The zero-order valence-electron chi connectivity index (χ0n) is 10.3. The summed E-state index contributed by atoms with van der Waals surface area (Å²) in [6.07, 6.45) is 1.41. The maximum absolute atomic E-state index is 12.1. The fourth-order valence-corrected chi connectivity index (χ4v) is 2.48. The molecule has 3 rings (SSSR count). The van der Waals surface area contributed by atoms with Crippen LogP contribution in [-0.2, 0) is 16.0 Å². The molecule has 1 fully saturated rings. The van der Waals surface area contributed by atoms with Crippen LogP contribution in [0.4, 0.5) is 0 Å². The largest absolute Gasteiger partial charge is 0.381 e. The van der Waals surface area contributed by atoms with Crippen LogP contribution in [0.15, 0.2) is 42.5 Å². The second-order valence-electron chi connectivity index (χ2n) is 4.89. The van der Waals surface area contributed by atoms with Crippen LogP contribution < -0.4 is 0 Å². The van der Waals surface area contributed by atoms with Gasteiger partial charge >= 0.3 is 0 Å². The Morgan fingerprint density at radius 2 is 2.00 bits per heavy atom. The Balaban J connectivity index is 1.79. The van der Waals surface area contributed by atoms with Gasteiger partial charge in [0.15, 0.2) is 0 Å². The summed E-state index contributed by atoms with van der Waals surface area (Å²) in [5.41, 5.74) is 1.10. The van der Waals surface area contributed by atoms with Gasteiger partial charge in [-0.25, -0.2) is 0 Å². The molecule has 0 bridgehead atoms. The Morgan fingerprint density at radius 1 is 1.17 bits per heavy atom. The van der Waals surface area contributed by atoms with Crippen LogP contribution in [0.25, 0.3) is 10.8 Å². The minimum atomic E-state index is 0.108. The lowest BCUT2D eigenvalue weighted by atomic mass is 9.96. The molecule has 92 valence electrons.